The minimum absolute atomic E-state index is 0.595. The summed E-state index contributed by atoms with van der Waals surface area (Å²) < 4.78 is 5.84. The number of likely N-dealkylation sites (tertiary alicyclic amines) is 1. The standard InChI is InChI=1S/C18H28N2O/c19-14-15-7-9-17(10-8-15)21-13-3-12-20-11-2-5-16-4-1-6-18(16)20/h7-10,16,18H,1-6,11-14,19H2. The first-order valence-electron chi connectivity index (χ1n) is 8.52. The molecule has 3 heteroatoms. The van der Waals surface area contributed by atoms with Gasteiger partial charge in [0, 0.05) is 19.1 Å². The number of rotatable bonds is 6. The molecule has 2 atom stereocenters. The highest BCUT2D eigenvalue weighted by Crippen LogP contribution is 2.36. The molecule has 1 heterocycles. The lowest BCUT2D eigenvalue weighted by Gasteiger charge is -2.37. The van der Waals surface area contributed by atoms with Gasteiger partial charge in [0.15, 0.2) is 0 Å². The summed E-state index contributed by atoms with van der Waals surface area (Å²) in [6.07, 6.45) is 8.31. The van der Waals surface area contributed by atoms with Gasteiger partial charge in [0.25, 0.3) is 0 Å². The maximum absolute atomic E-state index is 5.84. The number of hydrogen-bond donors (Lipinski definition) is 1. The number of nitrogens with two attached hydrogens (primary N) is 1. The zero-order chi connectivity index (χ0) is 14.5. The molecular weight excluding hydrogens is 260 g/mol. The predicted molar refractivity (Wildman–Crippen MR) is 86.4 cm³/mol. The highest BCUT2D eigenvalue weighted by Gasteiger charge is 2.34. The van der Waals surface area contributed by atoms with Crippen LogP contribution < -0.4 is 10.5 Å². The maximum Gasteiger partial charge on any atom is 0.119 e. The number of fused-ring (bicyclic) bond motifs is 1. The molecule has 2 N–H and O–H groups in total. The van der Waals surface area contributed by atoms with Crippen LogP contribution in [0.4, 0.5) is 0 Å². The zero-order valence-electron chi connectivity index (χ0n) is 13.0. The number of piperidine rings is 1. The first-order chi connectivity index (χ1) is 10.4. The summed E-state index contributed by atoms with van der Waals surface area (Å²) in [6, 6.07) is 9.01. The lowest BCUT2D eigenvalue weighted by Crippen LogP contribution is -2.43. The number of ether oxygens (including phenoxy) is 1. The van der Waals surface area contributed by atoms with Crippen LogP contribution in [0, 0.1) is 5.92 Å². The van der Waals surface area contributed by atoms with Crippen molar-refractivity contribution < 1.29 is 4.74 Å². The Morgan fingerprint density at radius 1 is 1.10 bits per heavy atom. The van der Waals surface area contributed by atoms with E-state index in [1.807, 2.05) is 24.3 Å². The second kappa shape index (κ2) is 7.28. The van der Waals surface area contributed by atoms with Gasteiger partial charge in [-0.05, 0) is 62.3 Å². The average molecular weight is 288 g/mol. The minimum Gasteiger partial charge on any atom is -0.494 e. The van der Waals surface area contributed by atoms with Crippen molar-refractivity contribution in [2.45, 2.75) is 51.1 Å². The van der Waals surface area contributed by atoms with E-state index >= 15 is 0 Å². The molecule has 1 aromatic rings. The highest BCUT2D eigenvalue weighted by atomic mass is 16.5. The Morgan fingerprint density at radius 3 is 2.71 bits per heavy atom. The van der Waals surface area contributed by atoms with E-state index in [-0.39, 0.29) is 0 Å². The van der Waals surface area contributed by atoms with Crippen LogP contribution in [0.25, 0.3) is 0 Å². The van der Waals surface area contributed by atoms with Gasteiger partial charge in [-0.2, -0.15) is 0 Å². The first kappa shape index (κ1) is 14.9. The second-order valence-corrected chi connectivity index (χ2v) is 6.49. The van der Waals surface area contributed by atoms with Crippen LogP contribution in [0.5, 0.6) is 5.75 Å². The largest absolute Gasteiger partial charge is 0.494 e. The molecular formula is C18H28N2O. The fourth-order valence-electron chi connectivity index (χ4n) is 4.01. The molecule has 1 aliphatic heterocycles. The Bertz CT molecular complexity index is 431. The second-order valence-electron chi connectivity index (χ2n) is 6.49. The van der Waals surface area contributed by atoms with Crippen molar-refractivity contribution in [2.24, 2.45) is 11.7 Å². The molecule has 0 amide bonds. The normalized spacial score (nSPS) is 25.8. The van der Waals surface area contributed by atoms with Crippen molar-refractivity contribution >= 4 is 0 Å². The van der Waals surface area contributed by atoms with Gasteiger partial charge in [0.05, 0.1) is 6.61 Å². The van der Waals surface area contributed by atoms with E-state index in [1.165, 1.54) is 45.2 Å². The molecule has 2 aliphatic rings. The van der Waals surface area contributed by atoms with Gasteiger partial charge < -0.3 is 10.5 Å². The molecule has 0 aromatic heterocycles. The average Bonchev–Trinajstić information content (AvgIpc) is 3.01. The first-order valence-corrected chi connectivity index (χ1v) is 8.52. The van der Waals surface area contributed by atoms with Crippen LogP contribution in [0.15, 0.2) is 24.3 Å². The van der Waals surface area contributed by atoms with E-state index in [0.29, 0.717) is 6.54 Å². The molecule has 1 saturated carbocycles. The molecule has 2 fully saturated rings. The summed E-state index contributed by atoms with van der Waals surface area (Å²) in [4.78, 5) is 2.72. The molecule has 3 nitrogen and oxygen atoms in total. The molecule has 3 rings (SSSR count). The summed E-state index contributed by atoms with van der Waals surface area (Å²) in [5, 5.41) is 0. The van der Waals surface area contributed by atoms with Gasteiger partial charge in [0.2, 0.25) is 0 Å². The highest BCUT2D eigenvalue weighted by molar-refractivity contribution is 5.27. The predicted octanol–water partition coefficient (Wildman–Crippen LogP) is 3.18. The van der Waals surface area contributed by atoms with E-state index in [0.717, 1.165) is 36.3 Å². The SMILES string of the molecule is NCc1ccc(OCCCN2CCCC3CCCC32)cc1. The van der Waals surface area contributed by atoms with Crippen LogP contribution in [0.2, 0.25) is 0 Å². The molecule has 0 bridgehead atoms. The Kier molecular flexibility index (Phi) is 5.15. The molecule has 116 valence electrons. The molecule has 1 aliphatic carbocycles. The van der Waals surface area contributed by atoms with E-state index < -0.39 is 0 Å². The maximum atomic E-state index is 5.84. The van der Waals surface area contributed by atoms with Gasteiger partial charge in [-0.1, -0.05) is 18.6 Å². The van der Waals surface area contributed by atoms with Crippen LogP contribution >= 0.6 is 0 Å². The third kappa shape index (κ3) is 3.78. The van der Waals surface area contributed by atoms with Gasteiger partial charge >= 0.3 is 0 Å². The fraction of sp³-hybridized carbons (Fsp3) is 0.667. The van der Waals surface area contributed by atoms with E-state index in [2.05, 4.69) is 4.90 Å². The Morgan fingerprint density at radius 2 is 1.90 bits per heavy atom. The molecule has 0 radical (unpaired) electrons. The molecule has 0 spiro atoms. The Balaban J connectivity index is 1.39. The lowest BCUT2D eigenvalue weighted by molar-refractivity contribution is 0.106. The third-order valence-corrected chi connectivity index (χ3v) is 5.13. The fourth-order valence-corrected chi connectivity index (χ4v) is 4.01. The van der Waals surface area contributed by atoms with Crippen molar-refractivity contribution in [3.63, 3.8) is 0 Å². The van der Waals surface area contributed by atoms with Gasteiger partial charge in [-0.3, -0.25) is 4.90 Å². The van der Waals surface area contributed by atoms with Gasteiger partial charge in [0.1, 0.15) is 5.75 Å². The van der Waals surface area contributed by atoms with Gasteiger partial charge in [-0.25, -0.2) is 0 Å². The number of nitrogens with zero attached hydrogens (tertiary/aromatic N) is 1. The zero-order valence-corrected chi connectivity index (χ0v) is 13.0. The van der Waals surface area contributed by atoms with Crippen molar-refractivity contribution in [3.05, 3.63) is 29.8 Å². The quantitative estimate of drug-likeness (QED) is 0.817. The molecule has 21 heavy (non-hydrogen) atoms. The number of benzene rings is 1. The lowest BCUT2D eigenvalue weighted by atomic mass is 9.92. The smallest absolute Gasteiger partial charge is 0.119 e. The minimum atomic E-state index is 0.595. The third-order valence-electron chi connectivity index (χ3n) is 5.13. The van der Waals surface area contributed by atoms with Gasteiger partial charge in [-0.15, -0.1) is 0 Å². The van der Waals surface area contributed by atoms with Crippen LogP contribution in [0.1, 0.15) is 44.1 Å². The summed E-state index contributed by atoms with van der Waals surface area (Å²) in [5.74, 6) is 1.95. The summed E-state index contributed by atoms with van der Waals surface area (Å²) in [5.41, 5.74) is 6.76. The van der Waals surface area contributed by atoms with Crippen molar-refractivity contribution in [3.8, 4) is 5.75 Å². The van der Waals surface area contributed by atoms with Crippen molar-refractivity contribution in [1.29, 1.82) is 0 Å². The van der Waals surface area contributed by atoms with Crippen molar-refractivity contribution in [2.75, 3.05) is 19.7 Å². The Hall–Kier alpha value is -1.06. The number of hydrogen-bond acceptors (Lipinski definition) is 3. The topological polar surface area (TPSA) is 38.5 Å². The van der Waals surface area contributed by atoms with Crippen molar-refractivity contribution in [1.82, 2.24) is 4.90 Å². The summed E-state index contributed by atoms with van der Waals surface area (Å²) in [6.45, 7) is 3.90. The van der Waals surface area contributed by atoms with Crippen LogP contribution in [-0.2, 0) is 6.54 Å². The molecule has 1 aromatic carbocycles. The van der Waals surface area contributed by atoms with E-state index in [9.17, 15) is 0 Å². The Labute approximate surface area is 128 Å². The molecule has 2 unspecified atom stereocenters. The summed E-state index contributed by atoms with van der Waals surface area (Å²) in [7, 11) is 0. The van der Waals surface area contributed by atoms with E-state index in [4.69, 9.17) is 10.5 Å². The van der Waals surface area contributed by atoms with E-state index in [1.54, 1.807) is 0 Å². The molecule has 1 saturated heterocycles. The monoisotopic (exact) mass is 288 g/mol. The van der Waals surface area contributed by atoms with Crippen LogP contribution in [0.3, 0.4) is 0 Å². The van der Waals surface area contributed by atoms with Crippen LogP contribution in [-0.4, -0.2) is 30.6 Å². The summed E-state index contributed by atoms with van der Waals surface area (Å²) >= 11 is 0.